The fourth-order valence-electron chi connectivity index (χ4n) is 1.92. The van der Waals surface area contributed by atoms with Gasteiger partial charge in [0.2, 0.25) is 0 Å². The monoisotopic (exact) mass is 335 g/mol. The van der Waals surface area contributed by atoms with E-state index in [2.05, 4.69) is 5.92 Å². The molecule has 0 aliphatic carbocycles. The van der Waals surface area contributed by atoms with Crippen LogP contribution in [0.5, 0.6) is 5.75 Å². The summed E-state index contributed by atoms with van der Waals surface area (Å²) in [6, 6.07) is 4.93. The predicted molar refractivity (Wildman–Crippen MR) is 88.7 cm³/mol. The van der Waals surface area contributed by atoms with Crippen molar-refractivity contribution < 1.29 is 14.3 Å². The van der Waals surface area contributed by atoms with Crippen LogP contribution in [-0.4, -0.2) is 28.7 Å². The van der Waals surface area contributed by atoms with E-state index in [9.17, 15) is 9.59 Å². The number of imide groups is 1. The van der Waals surface area contributed by atoms with Crippen LogP contribution in [0.2, 0.25) is 5.02 Å². The molecule has 0 saturated carbocycles. The number of hydrogen-bond donors (Lipinski definition) is 0. The summed E-state index contributed by atoms with van der Waals surface area (Å²) in [6.07, 6.45) is 6.77. The number of rotatable bonds is 4. The molecule has 0 radical (unpaired) electrons. The second-order valence-electron chi connectivity index (χ2n) is 4.83. The van der Waals surface area contributed by atoms with Gasteiger partial charge in [0.15, 0.2) is 0 Å². The second-order valence-corrected chi connectivity index (χ2v) is 6.23. The minimum atomic E-state index is -0.284. The Morgan fingerprint density at radius 1 is 1.45 bits per heavy atom. The van der Waals surface area contributed by atoms with Crippen LogP contribution in [0.4, 0.5) is 4.79 Å². The molecule has 0 aromatic heterocycles. The normalized spacial score (nSPS) is 16.5. The van der Waals surface area contributed by atoms with E-state index in [0.29, 0.717) is 21.2 Å². The molecule has 6 heteroatoms. The van der Waals surface area contributed by atoms with Gasteiger partial charge in [0.1, 0.15) is 12.4 Å². The van der Waals surface area contributed by atoms with Gasteiger partial charge < -0.3 is 4.74 Å². The number of carbonyl (C=O) groups excluding carboxylic acids is 2. The summed E-state index contributed by atoms with van der Waals surface area (Å²) >= 11 is 7.03. The number of benzene rings is 1. The molecule has 1 fully saturated rings. The fourth-order valence-corrected chi connectivity index (χ4v) is 3.12. The van der Waals surface area contributed by atoms with Crippen molar-refractivity contribution in [1.82, 2.24) is 4.90 Å². The number of carbonyl (C=O) groups is 2. The molecular weight excluding hydrogens is 322 g/mol. The summed E-state index contributed by atoms with van der Waals surface area (Å²) in [5.41, 5.74) is 0.715. The Labute approximate surface area is 138 Å². The average molecular weight is 336 g/mol. The van der Waals surface area contributed by atoms with Crippen LogP contribution in [0.1, 0.15) is 19.4 Å². The molecular formula is C16H14ClNO3S. The maximum absolute atomic E-state index is 12.2. The molecule has 2 rings (SSSR count). The summed E-state index contributed by atoms with van der Waals surface area (Å²) in [5, 5.41) is 0.137. The lowest BCUT2D eigenvalue weighted by molar-refractivity contribution is -0.123. The quantitative estimate of drug-likeness (QED) is 0.620. The van der Waals surface area contributed by atoms with Crippen molar-refractivity contribution in [1.29, 1.82) is 0 Å². The third kappa shape index (κ3) is 3.46. The van der Waals surface area contributed by atoms with Gasteiger partial charge in [0.25, 0.3) is 11.1 Å². The van der Waals surface area contributed by atoms with E-state index in [0.717, 1.165) is 11.8 Å². The number of ether oxygens (including phenoxy) is 1. The Kier molecular flexibility index (Phi) is 5.17. The van der Waals surface area contributed by atoms with Crippen LogP contribution in [0.25, 0.3) is 6.08 Å². The molecule has 1 aliphatic heterocycles. The number of amides is 2. The van der Waals surface area contributed by atoms with Gasteiger partial charge >= 0.3 is 0 Å². The minimum Gasteiger partial charge on any atom is -0.479 e. The zero-order valence-electron chi connectivity index (χ0n) is 12.1. The van der Waals surface area contributed by atoms with Crippen LogP contribution in [0.15, 0.2) is 23.1 Å². The zero-order valence-corrected chi connectivity index (χ0v) is 13.7. The van der Waals surface area contributed by atoms with Crippen molar-refractivity contribution in [2.75, 3.05) is 6.61 Å². The van der Waals surface area contributed by atoms with Crippen molar-refractivity contribution >= 4 is 40.6 Å². The molecule has 114 valence electrons. The van der Waals surface area contributed by atoms with E-state index >= 15 is 0 Å². The van der Waals surface area contributed by atoms with E-state index < -0.39 is 0 Å². The van der Waals surface area contributed by atoms with E-state index in [1.165, 1.54) is 4.90 Å². The molecule has 22 heavy (non-hydrogen) atoms. The largest absolute Gasteiger partial charge is 0.479 e. The Morgan fingerprint density at radius 2 is 2.18 bits per heavy atom. The topological polar surface area (TPSA) is 46.6 Å². The zero-order chi connectivity index (χ0) is 16.3. The van der Waals surface area contributed by atoms with E-state index in [1.54, 1.807) is 38.1 Å². The van der Waals surface area contributed by atoms with Gasteiger partial charge in [0.05, 0.1) is 9.93 Å². The lowest BCUT2D eigenvalue weighted by Crippen LogP contribution is -2.34. The van der Waals surface area contributed by atoms with Crippen LogP contribution < -0.4 is 4.74 Å². The first kappa shape index (κ1) is 16.5. The molecule has 0 atom stereocenters. The molecule has 0 unspecified atom stereocenters. The van der Waals surface area contributed by atoms with Crippen molar-refractivity contribution in [2.45, 2.75) is 19.9 Å². The van der Waals surface area contributed by atoms with Gasteiger partial charge in [-0.05, 0) is 49.4 Å². The van der Waals surface area contributed by atoms with Crippen molar-refractivity contribution in [3.8, 4) is 18.1 Å². The maximum atomic E-state index is 12.2. The van der Waals surface area contributed by atoms with Crippen molar-refractivity contribution in [3.63, 3.8) is 0 Å². The molecule has 1 heterocycles. The third-order valence-electron chi connectivity index (χ3n) is 2.90. The highest BCUT2D eigenvalue weighted by Crippen LogP contribution is 2.34. The third-order valence-corrected chi connectivity index (χ3v) is 4.08. The number of halogens is 1. The molecule has 2 amide bonds. The van der Waals surface area contributed by atoms with Gasteiger partial charge in [-0.1, -0.05) is 23.6 Å². The Morgan fingerprint density at radius 3 is 2.73 bits per heavy atom. The number of thioether (sulfide) groups is 1. The SMILES string of the molecule is C#CCOc1ccc(C=C2SC(=O)N(C(C)C)C2=O)cc1Cl. The van der Waals surface area contributed by atoms with Gasteiger partial charge in [0, 0.05) is 6.04 Å². The Hall–Kier alpha value is -1.90. The lowest BCUT2D eigenvalue weighted by Gasteiger charge is -2.16. The molecule has 0 N–H and O–H groups in total. The summed E-state index contributed by atoms with van der Waals surface area (Å²) in [4.78, 5) is 25.6. The highest BCUT2D eigenvalue weighted by molar-refractivity contribution is 8.18. The van der Waals surface area contributed by atoms with E-state index in [4.69, 9.17) is 22.8 Å². The molecule has 1 aromatic carbocycles. The first-order valence-electron chi connectivity index (χ1n) is 6.57. The highest BCUT2D eigenvalue weighted by Gasteiger charge is 2.36. The number of terminal acetylenes is 1. The summed E-state index contributed by atoms with van der Waals surface area (Å²) in [5.74, 6) is 2.55. The van der Waals surface area contributed by atoms with Gasteiger partial charge in [-0.2, -0.15) is 0 Å². The Bertz CT molecular complexity index is 691. The van der Waals surface area contributed by atoms with Crippen molar-refractivity contribution in [3.05, 3.63) is 33.7 Å². The fraction of sp³-hybridized carbons (Fsp3) is 0.250. The van der Waals surface area contributed by atoms with Crippen LogP contribution in [0, 0.1) is 12.3 Å². The highest BCUT2D eigenvalue weighted by atomic mass is 35.5. The van der Waals surface area contributed by atoms with Crippen LogP contribution >= 0.6 is 23.4 Å². The van der Waals surface area contributed by atoms with Crippen LogP contribution in [0.3, 0.4) is 0 Å². The summed E-state index contributed by atoms with van der Waals surface area (Å²) in [7, 11) is 0. The molecule has 1 aliphatic rings. The molecule has 0 bridgehead atoms. The predicted octanol–water partition coefficient (Wildman–Crippen LogP) is 3.80. The summed E-state index contributed by atoms with van der Waals surface area (Å²) in [6.45, 7) is 3.73. The molecule has 1 aromatic rings. The smallest absolute Gasteiger partial charge is 0.293 e. The van der Waals surface area contributed by atoms with Gasteiger partial charge in [-0.15, -0.1) is 6.42 Å². The summed E-state index contributed by atoms with van der Waals surface area (Å²) < 4.78 is 5.27. The average Bonchev–Trinajstić information content (AvgIpc) is 2.72. The minimum absolute atomic E-state index is 0.131. The first-order valence-corrected chi connectivity index (χ1v) is 7.76. The molecule has 1 saturated heterocycles. The Balaban J connectivity index is 2.24. The number of nitrogens with zero attached hydrogens (tertiary/aromatic N) is 1. The first-order chi connectivity index (χ1) is 10.4. The maximum Gasteiger partial charge on any atom is 0.293 e. The lowest BCUT2D eigenvalue weighted by atomic mass is 10.2. The standard InChI is InChI=1S/C16H14ClNO3S/c1-4-7-21-13-6-5-11(8-12(13)17)9-14-15(19)18(10(2)3)16(20)22-14/h1,5-6,8-10H,7H2,2-3H3. The molecule has 4 nitrogen and oxygen atoms in total. The van der Waals surface area contributed by atoms with E-state index in [1.807, 2.05) is 0 Å². The van der Waals surface area contributed by atoms with Gasteiger partial charge in [-0.3, -0.25) is 14.5 Å². The van der Waals surface area contributed by atoms with Crippen molar-refractivity contribution in [2.24, 2.45) is 0 Å². The second kappa shape index (κ2) is 6.91. The van der Waals surface area contributed by atoms with Crippen LogP contribution in [-0.2, 0) is 4.79 Å². The van der Waals surface area contributed by atoms with Gasteiger partial charge in [-0.25, -0.2) is 0 Å². The number of hydrogen-bond acceptors (Lipinski definition) is 4. The van der Waals surface area contributed by atoms with E-state index in [-0.39, 0.29) is 23.8 Å². The molecule has 0 spiro atoms.